The van der Waals surface area contributed by atoms with Gasteiger partial charge in [-0.25, -0.2) is 9.18 Å². The molecule has 190 valence electrons. The summed E-state index contributed by atoms with van der Waals surface area (Å²) in [5, 5.41) is 8.51. The molecular weight excluding hydrogens is 461 g/mol. The van der Waals surface area contributed by atoms with E-state index in [0.717, 1.165) is 11.3 Å². The molecule has 0 aliphatic heterocycles. The number of benzene rings is 3. The molecule has 3 aromatic rings. The van der Waals surface area contributed by atoms with Crippen molar-refractivity contribution in [2.75, 3.05) is 10.6 Å². The SMILES string of the molecule is C[C@@H](OCc1ccccc1)[C@H](NC(=O)OC(C)(C)C)C(=O)Nc1ccc(F)cc1Nc1ccccc1. The highest BCUT2D eigenvalue weighted by atomic mass is 19.1. The second-order valence-electron chi connectivity index (χ2n) is 9.30. The van der Waals surface area contributed by atoms with Gasteiger partial charge in [-0.3, -0.25) is 4.79 Å². The maximum absolute atomic E-state index is 14.0. The molecule has 8 heteroatoms. The third-order valence-corrected chi connectivity index (χ3v) is 5.07. The molecular formula is C28H32FN3O4. The van der Waals surface area contributed by atoms with Gasteiger partial charge < -0.3 is 25.4 Å². The fourth-order valence-electron chi connectivity index (χ4n) is 3.35. The zero-order valence-electron chi connectivity index (χ0n) is 20.9. The van der Waals surface area contributed by atoms with E-state index in [4.69, 9.17) is 9.47 Å². The van der Waals surface area contributed by atoms with E-state index in [1.807, 2.05) is 60.7 Å². The van der Waals surface area contributed by atoms with E-state index >= 15 is 0 Å². The molecule has 0 aliphatic rings. The van der Waals surface area contributed by atoms with E-state index in [1.54, 1.807) is 27.7 Å². The van der Waals surface area contributed by atoms with Crippen LogP contribution in [0.15, 0.2) is 78.9 Å². The number of amides is 2. The van der Waals surface area contributed by atoms with Gasteiger partial charge in [0.2, 0.25) is 5.91 Å². The molecule has 0 saturated heterocycles. The van der Waals surface area contributed by atoms with Gasteiger partial charge in [0.1, 0.15) is 17.5 Å². The minimum Gasteiger partial charge on any atom is -0.444 e. The van der Waals surface area contributed by atoms with E-state index in [0.29, 0.717) is 11.4 Å². The molecule has 0 aromatic heterocycles. The Balaban J connectivity index is 1.79. The highest BCUT2D eigenvalue weighted by Crippen LogP contribution is 2.27. The van der Waals surface area contributed by atoms with Crippen molar-refractivity contribution in [3.63, 3.8) is 0 Å². The lowest BCUT2D eigenvalue weighted by atomic mass is 10.1. The number of anilines is 3. The zero-order valence-corrected chi connectivity index (χ0v) is 20.9. The molecule has 0 fully saturated rings. The lowest BCUT2D eigenvalue weighted by Crippen LogP contribution is -2.52. The average molecular weight is 494 g/mol. The number of carbonyl (C=O) groups excluding carboxylic acids is 2. The maximum Gasteiger partial charge on any atom is 0.408 e. The van der Waals surface area contributed by atoms with Gasteiger partial charge in [-0.15, -0.1) is 0 Å². The number of rotatable bonds is 9. The Morgan fingerprint density at radius 2 is 1.56 bits per heavy atom. The molecule has 36 heavy (non-hydrogen) atoms. The molecule has 3 N–H and O–H groups in total. The van der Waals surface area contributed by atoms with Gasteiger partial charge in [0.05, 0.1) is 24.1 Å². The lowest BCUT2D eigenvalue weighted by Gasteiger charge is -2.27. The number of alkyl carbamates (subject to hydrolysis) is 1. The molecule has 7 nitrogen and oxygen atoms in total. The minimum absolute atomic E-state index is 0.249. The van der Waals surface area contributed by atoms with Crippen molar-refractivity contribution >= 4 is 29.1 Å². The van der Waals surface area contributed by atoms with Crippen molar-refractivity contribution in [1.29, 1.82) is 0 Å². The van der Waals surface area contributed by atoms with Gasteiger partial charge in [0.15, 0.2) is 0 Å². The fraction of sp³-hybridized carbons (Fsp3) is 0.286. The van der Waals surface area contributed by atoms with E-state index in [1.165, 1.54) is 18.2 Å². The maximum atomic E-state index is 14.0. The Hall–Kier alpha value is -3.91. The number of para-hydroxylation sites is 1. The van der Waals surface area contributed by atoms with Crippen molar-refractivity contribution < 1.29 is 23.5 Å². The van der Waals surface area contributed by atoms with Crippen molar-refractivity contribution in [2.45, 2.75) is 52.0 Å². The zero-order chi connectivity index (χ0) is 26.1. The second kappa shape index (κ2) is 12.2. The number of hydrogen-bond donors (Lipinski definition) is 3. The van der Waals surface area contributed by atoms with Crippen LogP contribution in [0.3, 0.4) is 0 Å². The van der Waals surface area contributed by atoms with Crippen LogP contribution in [-0.4, -0.2) is 29.7 Å². The Kier molecular flexibility index (Phi) is 9.02. The topological polar surface area (TPSA) is 88.7 Å². The Morgan fingerprint density at radius 3 is 2.19 bits per heavy atom. The third kappa shape index (κ3) is 8.39. The Bertz CT molecular complexity index is 1150. The van der Waals surface area contributed by atoms with E-state index < -0.39 is 35.6 Å². The lowest BCUT2D eigenvalue weighted by molar-refractivity contribution is -0.122. The molecule has 3 aromatic carbocycles. The molecule has 0 aliphatic carbocycles. The van der Waals surface area contributed by atoms with Crippen molar-refractivity contribution in [1.82, 2.24) is 5.32 Å². The molecule has 0 radical (unpaired) electrons. The Morgan fingerprint density at radius 1 is 0.917 bits per heavy atom. The monoisotopic (exact) mass is 493 g/mol. The number of nitrogens with one attached hydrogen (secondary N) is 3. The first-order chi connectivity index (χ1) is 17.1. The summed E-state index contributed by atoms with van der Waals surface area (Å²) < 4.78 is 25.3. The molecule has 0 heterocycles. The number of halogens is 1. The van der Waals surface area contributed by atoms with Crippen LogP contribution in [0.25, 0.3) is 0 Å². The molecule has 0 spiro atoms. The highest BCUT2D eigenvalue weighted by molar-refractivity contribution is 5.99. The molecule has 0 bridgehead atoms. The summed E-state index contributed by atoms with van der Waals surface area (Å²) in [4.78, 5) is 25.9. The standard InChI is InChI=1S/C28H32FN3O4/c1-19(35-18-20-11-7-5-8-12-20)25(32-27(34)36-28(2,3)4)26(33)31-23-16-15-21(29)17-24(23)30-22-13-9-6-10-14-22/h5-17,19,25,30H,18H2,1-4H3,(H,31,33)(H,32,34)/t19-,25+/m1/s1. The summed E-state index contributed by atoms with van der Waals surface area (Å²) in [5.41, 5.74) is 1.61. The van der Waals surface area contributed by atoms with Crippen LogP contribution in [0.5, 0.6) is 0 Å². The van der Waals surface area contributed by atoms with Gasteiger partial charge in [-0.05, 0) is 63.6 Å². The van der Waals surface area contributed by atoms with Gasteiger partial charge in [0, 0.05) is 5.69 Å². The van der Waals surface area contributed by atoms with Crippen LogP contribution in [0.4, 0.5) is 26.2 Å². The van der Waals surface area contributed by atoms with Gasteiger partial charge >= 0.3 is 6.09 Å². The van der Waals surface area contributed by atoms with E-state index in [9.17, 15) is 14.0 Å². The highest BCUT2D eigenvalue weighted by Gasteiger charge is 2.30. The summed E-state index contributed by atoms with van der Waals surface area (Å²) in [6, 6.07) is 21.6. The molecule has 0 unspecified atom stereocenters. The number of ether oxygens (including phenoxy) is 2. The summed E-state index contributed by atoms with van der Waals surface area (Å²) in [7, 11) is 0. The normalized spacial score (nSPS) is 12.8. The number of hydrogen-bond acceptors (Lipinski definition) is 5. The van der Waals surface area contributed by atoms with Crippen molar-refractivity contribution in [2.24, 2.45) is 0 Å². The summed E-state index contributed by atoms with van der Waals surface area (Å²) in [6.07, 6.45) is -1.46. The largest absolute Gasteiger partial charge is 0.444 e. The molecule has 0 saturated carbocycles. The van der Waals surface area contributed by atoms with Crippen molar-refractivity contribution in [3.05, 3.63) is 90.2 Å². The predicted octanol–water partition coefficient (Wildman–Crippen LogP) is 6.01. The van der Waals surface area contributed by atoms with Gasteiger partial charge in [0.25, 0.3) is 0 Å². The summed E-state index contributed by atoms with van der Waals surface area (Å²) in [6.45, 7) is 7.14. The predicted molar refractivity (Wildman–Crippen MR) is 139 cm³/mol. The third-order valence-electron chi connectivity index (χ3n) is 5.07. The van der Waals surface area contributed by atoms with E-state index in [-0.39, 0.29) is 6.61 Å². The first-order valence-corrected chi connectivity index (χ1v) is 11.7. The van der Waals surface area contributed by atoms with Crippen LogP contribution in [-0.2, 0) is 20.9 Å². The summed E-state index contributed by atoms with van der Waals surface area (Å²) in [5.74, 6) is -1.00. The smallest absolute Gasteiger partial charge is 0.408 e. The van der Waals surface area contributed by atoms with Crippen LogP contribution < -0.4 is 16.0 Å². The Labute approximate surface area is 211 Å². The van der Waals surface area contributed by atoms with Crippen LogP contribution in [0.1, 0.15) is 33.3 Å². The molecule has 3 rings (SSSR count). The first kappa shape index (κ1) is 26.7. The van der Waals surface area contributed by atoms with Crippen LogP contribution in [0, 0.1) is 5.82 Å². The molecule has 2 atom stereocenters. The first-order valence-electron chi connectivity index (χ1n) is 11.7. The summed E-state index contributed by atoms with van der Waals surface area (Å²) >= 11 is 0. The van der Waals surface area contributed by atoms with Crippen LogP contribution in [0.2, 0.25) is 0 Å². The van der Waals surface area contributed by atoms with Gasteiger partial charge in [-0.2, -0.15) is 0 Å². The minimum atomic E-state index is -1.09. The quantitative estimate of drug-likeness (QED) is 0.340. The van der Waals surface area contributed by atoms with Gasteiger partial charge in [-0.1, -0.05) is 48.5 Å². The average Bonchev–Trinajstić information content (AvgIpc) is 2.83. The fourth-order valence-corrected chi connectivity index (χ4v) is 3.35. The van der Waals surface area contributed by atoms with Crippen LogP contribution >= 0.6 is 0 Å². The van der Waals surface area contributed by atoms with E-state index in [2.05, 4.69) is 16.0 Å². The second-order valence-corrected chi connectivity index (χ2v) is 9.30. The number of carbonyl (C=O) groups is 2. The van der Waals surface area contributed by atoms with Crippen molar-refractivity contribution in [3.8, 4) is 0 Å². The molecule has 2 amide bonds.